The van der Waals surface area contributed by atoms with Crippen molar-refractivity contribution in [3.8, 4) is 0 Å². The number of anilines is 1. The monoisotopic (exact) mass is 359 g/mol. The molecule has 0 unspecified atom stereocenters. The highest BCUT2D eigenvalue weighted by molar-refractivity contribution is 9.10. The van der Waals surface area contributed by atoms with Gasteiger partial charge in [0.1, 0.15) is 17.8 Å². The molecule has 0 radical (unpaired) electrons. The summed E-state index contributed by atoms with van der Waals surface area (Å²) < 4.78 is 2.47. The summed E-state index contributed by atoms with van der Waals surface area (Å²) in [6.45, 7) is 0.644. The number of rotatable bonds is 4. The minimum Gasteiger partial charge on any atom is -0.383 e. The van der Waals surface area contributed by atoms with Crippen LogP contribution in [0.4, 0.5) is 5.82 Å². The number of amides is 1. The van der Waals surface area contributed by atoms with E-state index >= 15 is 0 Å². The van der Waals surface area contributed by atoms with Crippen LogP contribution in [0.1, 0.15) is 15.9 Å². The Bertz CT molecular complexity index is 844. The standard InChI is InChI=1S/C15H14BrN5O/c16-12-10(14(18)22)11-13(17)19-8-20-15(11)21(12)7-6-9-4-2-1-3-5-9/h1-5,8H,6-7H2,(H2,18,22)(H2,17,19,20). The summed E-state index contributed by atoms with van der Waals surface area (Å²) in [7, 11) is 0. The van der Waals surface area contributed by atoms with Gasteiger partial charge in [-0.25, -0.2) is 9.97 Å². The third kappa shape index (κ3) is 2.43. The van der Waals surface area contributed by atoms with Gasteiger partial charge in [0.15, 0.2) is 0 Å². The highest BCUT2D eigenvalue weighted by Gasteiger charge is 2.22. The van der Waals surface area contributed by atoms with E-state index in [0.29, 0.717) is 27.7 Å². The van der Waals surface area contributed by atoms with Crippen molar-refractivity contribution in [3.05, 3.63) is 52.4 Å². The molecule has 0 aliphatic rings. The van der Waals surface area contributed by atoms with Gasteiger partial charge in [0.2, 0.25) is 0 Å². The molecule has 3 rings (SSSR count). The Kier molecular flexibility index (Phi) is 3.81. The molecular formula is C15H14BrN5O. The van der Waals surface area contributed by atoms with E-state index in [1.807, 2.05) is 22.8 Å². The number of halogens is 1. The Labute approximate surface area is 135 Å². The number of aryl methyl sites for hydroxylation is 2. The summed E-state index contributed by atoms with van der Waals surface area (Å²) in [4.78, 5) is 19.9. The van der Waals surface area contributed by atoms with Crippen molar-refractivity contribution in [1.29, 1.82) is 0 Å². The Morgan fingerprint density at radius 2 is 1.95 bits per heavy atom. The summed E-state index contributed by atoms with van der Waals surface area (Å²) >= 11 is 3.44. The van der Waals surface area contributed by atoms with Gasteiger partial charge in [-0.1, -0.05) is 30.3 Å². The fourth-order valence-corrected chi connectivity index (χ4v) is 3.22. The molecule has 0 fully saturated rings. The Balaban J connectivity index is 2.08. The third-order valence-corrected chi connectivity index (χ3v) is 4.34. The van der Waals surface area contributed by atoms with Gasteiger partial charge < -0.3 is 16.0 Å². The van der Waals surface area contributed by atoms with Gasteiger partial charge in [-0.2, -0.15) is 0 Å². The number of nitrogen functional groups attached to an aromatic ring is 1. The van der Waals surface area contributed by atoms with Gasteiger partial charge >= 0.3 is 0 Å². The fraction of sp³-hybridized carbons (Fsp3) is 0.133. The van der Waals surface area contributed by atoms with Crippen LogP contribution in [0.2, 0.25) is 0 Å². The average Bonchev–Trinajstić information content (AvgIpc) is 2.80. The van der Waals surface area contributed by atoms with Gasteiger partial charge in [-0.05, 0) is 27.9 Å². The van der Waals surface area contributed by atoms with Gasteiger partial charge in [0.05, 0.1) is 15.6 Å². The second-order valence-corrected chi connectivity index (χ2v) is 5.63. The molecule has 6 nitrogen and oxygen atoms in total. The number of hydrogen-bond acceptors (Lipinski definition) is 4. The number of carbonyl (C=O) groups is 1. The first-order valence-electron chi connectivity index (χ1n) is 6.71. The SMILES string of the molecule is NC(=O)c1c(Br)n(CCc2ccccc2)c2ncnc(N)c12. The molecule has 1 aromatic carbocycles. The number of fused-ring (bicyclic) bond motifs is 1. The van der Waals surface area contributed by atoms with Gasteiger partial charge in [-0.15, -0.1) is 0 Å². The minimum absolute atomic E-state index is 0.248. The molecule has 0 atom stereocenters. The first kappa shape index (κ1) is 14.5. The lowest BCUT2D eigenvalue weighted by molar-refractivity contribution is 0.100. The lowest BCUT2D eigenvalue weighted by atomic mass is 10.1. The van der Waals surface area contributed by atoms with Crippen LogP contribution in [0.5, 0.6) is 0 Å². The predicted octanol–water partition coefficient (Wildman–Crippen LogP) is 2.12. The quantitative estimate of drug-likeness (QED) is 0.744. The summed E-state index contributed by atoms with van der Waals surface area (Å²) in [5, 5.41) is 0.495. The second kappa shape index (κ2) is 5.76. The smallest absolute Gasteiger partial charge is 0.252 e. The molecule has 7 heteroatoms. The van der Waals surface area contributed by atoms with Crippen LogP contribution < -0.4 is 11.5 Å². The molecular weight excluding hydrogens is 346 g/mol. The molecule has 3 aromatic rings. The first-order chi connectivity index (χ1) is 10.6. The zero-order valence-corrected chi connectivity index (χ0v) is 13.2. The Morgan fingerprint density at radius 1 is 1.23 bits per heavy atom. The van der Waals surface area contributed by atoms with E-state index in [2.05, 4.69) is 38.0 Å². The van der Waals surface area contributed by atoms with Crippen LogP contribution in [0.25, 0.3) is 11.0 Å². The van der Waals surface area contributed by atoms with E-state index in [1.165, 1.54) is 11.9 Å². The van der Waals surface area contributed by atoms with Crippen LogP contribution in [0.15, 0.2) is 41.3 Å². The zero-order valence-electron chi connectivity index (χ0n) is 11.7. The summed E-state index contributed by atoms with van der Waals surface area (Å²) in [5.41, 5.74) is 13.5. The topological polar surface area (TPSA) is 99.8 Å². The van der Waals surface area contributed by atoms with Crippen molar-refractivity contribution < 1.29 is 4.79 Å². The van der Waals surface area contributed by atoms with Gasteiger partial charge in [-0.3, -0.25) is 4.79 Å². The molecule has 1 amide bonds. The molecule has 112 valence electrons. The van der Waals surface area contributed by atoms with E-state index < -0.39 is 5.91 Å². The average molecular weight is 360 g/mol. The zero-order chi connectivity index (χ0) is 15.7. The molecule has 0 bridgehead atoms. The molecule has 0 aliphatic heterocycles. The van der Waals surface area contributed by atoms with Crippen LogP contribution in [0, 0.1) is 0 Å². The van der Waals surface area contributed by atoms with Crippen molar-refractivity contribution in [3.63, 3.8) is 0 Å². The van der Waals surface area contributed by atoms with Crippen molar-refractivity contribution in [1.82, 2.24) is 14.5 Å². The van der Waals surface area contributed by atoms with Crippen LogP contribution >= 0.6 is 15.9 Å². The van der Waals surface area contributed by atoms with E-state index in [1.54, 1.807) is 0 Å². The highest BCUT2D eigenvalue weighted by atomic mass is 79.9. The number of benzene rings is 1. The number of carbonyl (C=O) groups excluding carboxylic acids is 1. The number of nitrogens with two attached hydrogens (primary N) is 2. The Morgan fingerprint density at radius 3 is 2.64 bits per heavy atom. The molecule has 0 saturated carbocycles. The van der Waals surface area contributed by atoms with Crippen molar-refractivity contribution >= 4 is 38.7 Å². The lowest BCUT2D eigenvalue weighted by Crippen LogP contribution is -2.12. The maximum Gasteiger partial charge on any atom is 0.252 e. The van der Waals surface area contributed by atoms with Crippen molar-refractivity contribution in [2.75, 3.05) is 5.73 Å². The maximum atomic E-state index is 11.7. The lowest BCUT2D eigenvalue weighted by Gasteiger charge is -2.07. The van der Waals surface area contributed by atoms with Crippen LogP contribution in [-0.2, 0) is 13.0 Å². The van der Waals surface area contributed by atoms with E-state index in [4.69, 9.17) is 11.5 Å². The predicted molar refractivity (Wildman–Crippen MR) is 88.3 cm³/mol. The molecule has 0 spiro atoms. The molecule has 22 heavy (non-hydrogen) atoms. The summed E-state index contributed by atoms with van der Waals surface area (Å²) in [5.74, 6) is -0.310. The first-order valence-corrected chi connectivity index (χ1v) is 7.50. The van der Waals surface area contributed by atoms with E-state index in [9.17, 15) is 4.79 Å². The van der Waals surface area contributed by atoms with Crippen molar-refractivity contribution in [2.24, 2.45) is 5.73 Å². The van der Waals surface area contributed by atoms with E-state index in [-0.39, 0.29) is 5.82 Å². The molecule has 4 N–H and O–H groups in total. The van der Waals surface area contributed by atoms with Gasteiger partial charge in [0.25, 0.3) is 5.91 Å². The van der Waals surface area contributed by atoms with Crippen molar-refractivity contribution in [2.45, 2.75) is 13.0 Å². The fourth-order valence-electron chi connectivity index (χ4n) is 2.48. The normalized spacial score (nSPS) is 11.0. The van der Waals surface area contributed by atoms with Crippen LogP contribution in [0.3, 0.4) is 0 Å². The summed E-state index contributed by atoms with van der Waals surface area (Å²) in [6, 6.07) is 10.1. The number of hydrogen-bond donors (Lipinski definition) is 2. The van der Waals surface area contributed by atoms with E-state index in [0.717, 1.165) is 6.42 Å². The second-order valence-electron chi connectivity index (χ2n) is 4.87. The van der Waals surface area contributed by atoms with Crippen LogP contribution in [-0.4, -0.2) is 20.4 Å². The highest BCUT2D eigenvalue weighted by Crippen LogP contribution is 2.31. The third-order valence-electron chi connectivity index (χ3n) is 3.52. The molecule has 0 aliphatic carbocycles. The minimum atomic E-state index is -0.558. The van der Waals surface area contributed by atoms with Gasteiger partial charge in [0, 0.05) is 6.54 Å². The molecule has 0 saturated heterocycles. The largest absolute Gasteiger partial charge is 0.383 e. The summed E-state index contributed by atoms with van der Waals surface area (Å²) in [6.07, 6.45) is 2.18. The molecule has 2 aromatic heterocycles. The number of nitrogens with zero attached hydrogens (tertiary/aromatic N) is 3. The number of primary amides is 1. The Hall–Kier alpha value is -2.41. The molecule has 2 heterocycles. The number of aromatic nitrogens is 3. The maximum absolute atomic E-state index is 11.7.